The average molecular weight is 356 g/mol. The summed E-state index contributed by atoms with van der Waals surface area (Å²) in [5, 5.41) is 9.79. The SMILES string of the molecule is Cc1ccc(/C=C(\C#N)c2nc3ccc(Br)cc3c(=O)[nH]2)o1. The van der Waals surface area contributed by atoms with E-state index in [1.807, 2.05) is 13.0 Å². The highest BCUT2D eigenvalue weighted by Gasteiger charge is 2.09. The second kappa shape index (κ2) is 5.62. The minimum Gasteiger partial charge on any atom is -0.462 e. The molecule has 0 spiro atoms. The zero-order valence-corrected chi connectivity index (χ0v) is 13.1. The molecule has 0 aliphatic heterocycles. The van der Waals surface area contributed by atoms with Gasteiger partial charge in [-0.3, -0.25) is 4.79 Å². The summed E-state index contributed by atoms with van der Waals surface area (Å²) in [6.07, 6.45) is 1.55. The highest BCUT2D eigenvalue weighted by Crippen LogP contribution is 2.19. The van der Waals surface area contributed by atoms with Crippen molar-refractivity contribution in [3.63, 3.8) is 0 Å². The Hall–Kier alpha value is -2.65. The lowest BCUT2D eigenvalue weighted by atomic mass is 10.2. The standard InChI is InChI=1S/C16H10BrN3O2/c1-9-2-4-12(22-9)6-10(8-18)15-19-14-5-3-11(17)7-13(14)16(21)20-15/h2-7H,1H3,(H,19,20,21)/b10-6+. The normalized spacial score (nSPS) is 11.6. The molecule has 0 saturated carbocycles. The summed E-state index contributed by atoms with van der Waals surface area (Å²) in [6.45, 7) is 1.82. The van der Waals surface area contributed by atoms with E-state index in [1.165, 1.54) is 0 Å². The third kappa shape index (κ3) is 2.71. The Balaban J connectivity index is 2.16. The number of H-pyrrole nitrogens is 1. The molecule has 6 heteroatoms. The minimum atomic E-state index is -0.293. The number of benzene rings is 1. The maximum Gasteiger partial charge on any atom is 0.259 e. The van der Waals surface area contributed by atoms with Gasteiger partial charge in [0.1, 0.15) is 17.6 Å². The summed E-state index contributed by atoms with van der Waals surface area (Å²) < 4.78 is 6.21. The number of aromatic nitrogens is 2. The number of hydrogen-bond acceptors (Lipinski definition) is 4. The second-order valence-electron chi connectivity index (χ2n) is 4.69. The summed E-state index contributed by atoms with van der Waals surface area (Å²) in [7, 11) is 0. The Kier molecular flexibility index (Phi) is 3.65. The summed E-state index contributed by atoms with van der Waals surface area (Å²) in [6, 6.07) is 10.8. The molecule has 0 fully saturated rings. The van der Waals surface area contributed by atoms with Crippen molar-refractivity contribution < 1.29 is 4.42 Å². The molecule has 0 unspecified atom stereocenters. The van der Waals surface area contributed by atoms with E-state index in [4.69, 9.17) is 4.42 Å². The van der Waals surface area contributed by atoms with Gasteiger partial charge in [0.2, 0.25) is 0 Å². The molecule has 22 heavy (non-hydrogen) atoms. The van der Waals surface area contributed by atoms with Crippen LogP contribution in [0.2, 0.25) is 0 Å². The van der Waals surface area contributed by atoms with Gasteiger partial charge < -0.3 is 9.40 Å². The van der Waals surface area contributed by atoms with Crippen LogP contribution >= 0.6 is 15.9 Å². The quantitative estimate of drug-likeness (QED) is 0.711. The minimum absolute atomic E-state index is 0.219. The lowest BCUT2D eigenvalue weighted by Gasteiger charge is -2.02. The molecular formula is C16H10BrN3O2. The van der Waals surface area contributed by atoms with Crippen molar-refractivity contribution in [3.05, 3.63) is 62.5 Å². The lowest BCUT2D eigenvalue weighted by molar-refractivity contribution is 0.525. The molecular weight excluding hydrogens is 346 g/mol. The number of allylic oxidation sites excluding steroid dienone is 1. The fourth-order valence-electron chi connectivity index (χ4n) is 2.07. The van der Waals surface area contributed by atoms with E-state index in [2.05, 4.69) is 25.9 Å². The first-order chi connectivity index (χ1) is 10.6. The number of aryl methyl sites for hydroxylation is 1. The number of aromatic amines is 1. The predicted molar refractivity (Wildman–Crippen MR) is 87.0 cm³/mol. The van der Waals surface area contributed by atoms with Crippen molar-refractivity contribution in [3.8, 4) is 6.07 Å². The van der Waals surface area contributed by atoms with Crippen molar-refractivity contribution >= 4 is 38.5 Å². The Labute approximate surface area is 134 Å². The molecule has 0 bridgehead atoms. The highest BCUT2D eigenvalue weighted by atomic mass is 79.9. The van der Waals surface area contributed by atoms with Crippen molar-refractivity contribution in [2.75, 3.05) is 0 Å². The first kappa shape index (κ1) is 14.3. The van der Waals surface area contributed by atoms with Crippen LogP contribution in [0.25, 0.3) is 22.6 Å². The molecule has 3 aromatic rings. The van der Waals surface area contributed by atoms with Crippen LogP contribution < -0.4 is 5.56 Å². The number of rotatable bonds is 2. The maximum absolute atomic E-state index is 12.2. The predicted octanol–water partition coefficient (Wildman–Crippen LogP) is 3.65. The number of hydrogen-bond donors (Lipinski definition) is 1. The summed E-state index contributed by atoms with van der Waals surface area (Å²) in [5.74, 6) is 1.50. The molecule has 5 nitrogen and oxygen atoms in total. The average Bonchev–Trinajstić information content (AvgIpc) is 2.90. The molecule has 3 rings (SSSR count). The molecule has 0 amide bonds. The van der Waals surface area contributed by atoms with Gasteiger partial charge in [0, 0.05) is 10.5 Å². The van der Waals surface area contributed by atoms with Crippen LogP contribution in [0.3, 0.4) is 0 Å². The smallest absolute Gasteiger partial charge is 0.259 e. The van der Waals surface area contributed by atoms with Crippen LogP contribution in [0, 0.1) is 18.3 Å². The summed E-state index contributed by atoms with van der Waals surface area (Å²) in [5.41, 5.74) is 0.466. The third-order valence-electron chi connectivity index (χ3n) is 3.09. The zero-order chi connectivity index (χ0) is 15.7. The Morgan fingerprint density at radius 3 is 2.91 bits per heavy atom. The summed E-state index contributed by atoms with van der Waals surface area (Å²) in [4.78, 5) is 19.1. The molecule has 0 atom stereocenters. The number of nitrogens with one attached hydrogen (secondary N) is 1. The van der Waals surface area contributed by atoms with Crippen molar-refractivity contribution in [2.24, 2.45) is 0 Å². The van der Waals surface area contributed by atoms with E-state index in [0.717, 1.165) is 10.2 Å². The largest absolute Gasteiger partial charge is 0.462 e. The topological polar surface area (TPSA) is 82.7 Å². The lowest BCUT2D eigenvalue weighted by Crippen LogP contribution is -2.11. The first-order valence-electron chi connectivity index (χ1n) is 6.45. The van der Waals surface area contributed by atoms with Gasteiger partial charge in [0.15, 0.2) is 5.82 Å². The van der Waals surface area contributed by atoms with Gasteiger partial charge in [-0.1, -0.05) is 15.9 Å². The van der Waals surface area contributed by atoms with Crippen LogP contribution in [-0.2, 0) is 0 Å². The van der Waals surface area contributed by atoms with E-state index in [1.54, 1.807) is 36.4 Å². The Morgan fingerprint density at radius 1 is 1.41 bits per heavy atom. The Bertz CT molecular complexity index is 993. The second-order valence-corrected chi connectivity index (χ2v) is 5.61. The Morgan fingerprint density at radius 2 is 2.23 bits per heavy atom. The van der Waals surface area contributed by atoms with Crippen LogP contribution in [0.15, 0.2) is 44.0 Å². The van der Waals surface area contributed by atoms with E-state index in [9.17, 15) is 10.1 Å². The summed E-state index contributed by atoms with van der Waals surface area (Å²) >= 11 is 3.32. The monoisotopic (exact) mass is 355 g/mol. The van der Waals surface area contributed by atoms with E-state index in [-0.39, 0.29) is 17.0 Å². The van der Waals surface area contributed by atoms with Gasteiger partial charge in [-0.15, -0.1) is 0 Å². The molecule has 0 aliphatic rings. The molecule has 0 aliphatic carbocycles. The van der Waals surface area contributed by atoms with Crippen molar-refractivity contribution in [2.45, 2.75) is 6.92 Å². The van der Waals surface area contributed by atoms with Gasteiger partial charge >= 0.3 is 0 Å². The van der Waals surface area contributed by atoms with E-state index >= 15 is 0 Å². The number of nitriles is 1. The van der Waals surface area contributed by atoms with Crippen LogP contribution in [0.1, 0.15) is 17.3 Å². The van der Waals surface area contributed by atoms with Crippen molar-refractivity contribution in [1.29, 1.82) is 5.26 Å². The number of fused-ring (bicyclic) bond motifs is 1. The van der Waals surface area contributed by atoms with Gasteiger partial charge in [0.25, 0.3) is 5.56 Å². The first-order valence-corrected chi connectivity index (χ1v) is 7.24. The molecule has 1 N–H and O–H groups in total. The van der Waals surface area contributed by atoms with Gasteiger partial charge in [0.05, 0.1) is 16.5 Å². The number of halogens is 1. The van der Waals surface area contributed by atoms with Gasteiger partial charge in [-0.05, 0) is 37.3 Å². The van der Waals surface area contributed by atoms with Gasteiger partial charge in [-0.25, -0.2) is 4.98 Å². The molecule has 0 saturated heterocycles. The fourth-order valence-corrected chi connectivity index (χ4v) is 2.43. The van der Waals surface area contributed by atoms with Gasteiger partial charge in [-0.2, -0.15) is 5.26 Å². The molecule has 1 aromatic carbocycles. The molecule has 108 valence electrons. The number of furan rings is 1. The van der Waals surface area contributed by atoms with Crippen molar-refractivity contribution in [1.82, 2.24) is 9.97 Å². The third-order valence-corrected chi connectivity index (χ3v) is 3.58. The highest BCUT2D eigenvalue weighted by molar-refractivity contribution is 9.10. The molecule has 2 aromatic heterocycles. The van der Waals surface area contributed by atoms with Crippen LogP contribution in [0.5, 0.6) is 0 Å². The van der Waals surface area contributed by atoms with E-state index < -0.39 is 0 Å². The van der Waals surface area contributed by atoms with Crippen LogP contribution in [0.4, 0.5) is 0 Å². The zero-order valence-electron chi connectivity index (χ0n) is 11.6. The number of nitrogens with zero attached hydrogens (tertiary/aromatic N) is 2. The molecule has 0 radical (unpaired) electrons. The van der Waals surface area contributed by atoms with E-state index in [0.29, 0.717) is 16.7 Å². The molecule has 2 heterocycles. The fraction of sp³-hybridized carbons (Fsp3) is 0.0625. The maximum atomic E-state index is 12.2. The van der Waals surface area contributed by atoms with Crippen LogP contribution in [-0.4, -0.2) is 9.97 Å².